The molecule has 2 unspecified atom stereocenters. The van der Waals surface area contributed by atoms with Crippen molar-refractivity contribution in [2.45, 2.75) is 39.7 Å². The normalized spacial score (nSPS) is 30.2. The van der Waals surface area contributed by atoms with E-state index in [-0.39, 0.29) is 0 Å². The second-order valence-electron chi connectivity index (χ2n) is 4.86. The minimum atomic E-state index is 0.752. The first kappa shape index (κ1) is 11.0. The van der Waals surface area contributed by atoms with Crippen LogP contribution in [0, 0.1) is 11.8 Å². The highest BCUT2D eigenvalue weighted by molar-refractivity contribution is 4.82. The molecule has 0 aromatic carbocycles. The molecule has 0 saturated carbocycles. The fourth-order valence-electron chi connectivity index (χ4n) is 2.12. The highest BCUT2D eigenvalue weighted by Crippen LogP contribution is 2.22. The highest BCUT2D eigenvalue weighted by atomic mass is 15.2. The average molecular weight is 184 g/mol. The maximum Gasteiger partial charge on any atom is 0.00706 e. The molecule has 0 amide bonds. The summed E-state index contributed by atoms with van der Waals surface area (Å²) in [5, 5.41) is 0. The lowest BCUT2D eigenvalue weighted by molar-refractivity contribution is 0.249. The first-order chi connectivity index (χ1) is 6.13. The molecule has 78 valence electrons. The molecule has 1 saturated heterocycles. The van der Waals surface area contributed by atoms with Crippen LogP contribution in [0.4, 0.5) is 0 Å². The zero-order chi connectivity index (χ0) is 9.84. The number of hydrogen-bond donors (Lipinski definition) is 1. The van der Waals surface area contributed by atoms with Gasteiger partial charge < -0.3 is 10.6 Å². The highest BCUT2D eigenvalue weighted by Gasteiger charge is 2.27. The summed E-state index contributed by atoms with van der Waals surface area (Å²) >= 11 is 0. The van der Waals surface area contributed by atoms with Crippen LogP contribution >= 0.6 is 0 Å². The summed E-state index contributed by atoms with van der Waals surface area (Å²) in [4.78, 5) is 2.59. The minimum absolute atomic E-state index is 0.752. The summed E-state index contributed by atoms with van der Waals surface area (Å²) in [6.07, 6.45) is 2.62. The van der Waals surface area contributed by atoms with Crippen molar-refractivity contribution < 1.29 is 0 Å². The number of nitrogens with zero attached hydrogens (tertiary/aromatic N) is 1. The van der Waals surface area contributed by atoms with Gasteiger partial charge in [0.2, 0.25) is 0 Å². The fraction of sp³-hybridized carbons (Fsp3) is 1.00. The van der Waals surface area contributed by atoms with Crippen molar-refractivity contribution in [1.82, 2.24) is 4.90 Å². The molecule has 0 aromatic rings. The van der Waals surface area contributed by atoms with Crippen LogP contribution in [0.5, 0.6) is 0 Å². The van der Waals surface area contributed by atoms with Gasteiger partial charge in [0.1, 0.15) is 0 Å². The van der Waals surface area contributed by atoms with Crippen LogP contribution in [0.3, 0.4) is 0 Å². The van der Waals surface area contributed by atoms with Gasteiger partial charge in [0.15, 0.2) is 0 Å². The molecule has 2 N–H and O–H groups in total. The summed E-state index contributed by atoms with van der Waals surface area (Å²) < 4.78 is 0. The van der Waals surface area contributed by atoms with Crippen LogP contribution in [-0.2, 0) is 0 Å². The Morgan fingerprint density at radius 1 is 1.46 bits per heavy atom. The van der Waals surface area contributed by atoms with Gasteiger partial charge in [-0.05, 0) is 44.7 Å². The Kier molecular flexibility index (Phi) is 4.20. The van der Waals surface area contributed by atoms with Crippen LogP contribution < -0.4 is 5.73 Å². The van der Waals surface area contributed by atoms with E-state index in [1.54, 1.807) is 0 Å². The maximum absolute atomic E-state index is 5.69. The number of likely N-dealkylation sites (tertiary alicyclic amines) is 1. The molecule has 1 heterocycles. The van der Waals surface area contributed by atoms with Gasteiger partial charge in [-0.2, -0.15) is 0 Å². The molecule has 2 heteroatoms. The van der Waals surface area contributed by atoms with Crippen molar-refractivity contribution >= 4 is 0 Å². The fourth-order valence-corrected chi connectivity index (χ4v) is 2.12. The van der Waals surface area contributed by atoms with Gasteiger partial charge in [0.25, 0.3) is 0 Å². The van der Waals surface area contributed by atoms with E-state index >= 15 is 0 Å². The molecular formula is C11H24N2. The van der Waals surface area contributed by atoms with E-state index in [1.807, 2.05) is 0 Å². The van der Waals surface area contributed by atoms with Crippen LogP contribution in [-0.4, -0.2) is 30.6 Å². The second kappa shape index (κ2) is 4.97. The summed E-state index contributed by atoms with van der Waals surface area (Å²) in [5.74, 6) is 1.58. The second-order valence-corrected chi connectivity index (χ2v) is 4.86. The standard InChI is InChI=1S/C11H24N2/c1-9(2)4-5-13-8-11(7-12)6-10(13)3/h9-11H,4-8,12H2,1-3H3. The SMILES string of the molecule is CC(C)CCN1CC(CN)CC1C. The molecule has 0 bridgehead atoms. The lowest BCUT2D eigenvalue weighted by Gasteiger charge is -2.21. The van der Waals surface area contributed by atoms with Crippen molar-refractivity contribution in [1.29, 1.82) is 0 Å². The Labute approximate surface area is 82.5 Å². The third kappa shape index (κ3) is 3.28. The van der Waals surface area contributed by atoms with Gasteiger partial charge in [0, 0.05) is 12.6 Å². The molecule has 1 fully saturated rings. The number of nitrogens with two attached hydrogens (primary N) is 1. The van der Waals surface area contributed by atoms with E-state index in [9.17, 15) is 0 Å². The Morgan fingerprint density at radius 3 is 2.62 bits per heavy atom. The van der Waals surface area contributed by atoms with Crippen molar-refractivity contribution in [2.24, 2.45) is 17.6 Å². The van der Waals surface area contributed by atoms with Gasteiger partial charge in [0.05, 0.1) is 0 Å². The topological polar surface area (TPSA) is 29.3 Å². The molecule has 0 spiro atoms. The zero-order valence-electron chi connectivity index (χ0n) is 9.29. The smallest absolute Gasteiger partial charge is 0.00706 e. The third-order valence-electron chi connectivity index (χ3n) is 3.12. The largest absolute Gasteiger partial charge is 0.330 e. The predicted molar refractivity (Wildman–Crippen MR) is 57.7 cm³/mol. The van der Waals surface area contributed by atoms with Crippen molar-refractivity contribution in [2.75, 3.05) is 19.6 Å². The lowest BCUT2D eigenvalue weighted by atomic mass is 10.1. The maximum atomic E-state index is 5.69. The van der Waals surface area contributed by atoms with Crippen LogP contribution in [0.1, 0.15) is 33.6 Å². The monoisotopic (exact) mass is 184 g/mol. The van der Waals surface area contributed by atoms with Gasteiger partial charge in [-0.1, -0.05) is 13.8 Å². The van der Waals surface area contributed by atoms with Gasteiger partial charge in [-0.3, -0.25) is 0 Å². The van der Waals surface area contributed by atoms with E-state index in [0.717, 1.165) is 24.4 Å². The molecule has 0 radical (unpaired) electrons. The zero-order valence-corrected chi connectivity index (χ0v) is 9.29. The molecule has 2 atom stereocenters. The average Bonchev–Trinajstić information content (AvgIpc) is 2.43. The number of rotatable bonds is 4. The molecule has 1 rings (SSSR count). The van der Waals surface area contributed by atoms with Gasteiger partial charge in [-0.25, -0.2) is 0 Å². The Hall–Kier alpha value is -0.0800. The summed E-state index contributed by atoms with van der Waals surface area (Å²) in [6.45, 7) is 10.3. The van der Waals surface area contributed by atoms with Gasteiger partial charge in [-0.15, -0.1) is 0 Å². The Balaban J connectivity index is 2.26. The lowest BCUT2D eigenvalue weighted by Crippen LogP contribution is -2.29. The van der Waals surface area contributed by atoms with E-state index in [0.29, 0.717) is 0 Å². The van der Waals surface area contributed by atoms with E-state index < -0.39 is 0 Å². The molecular weight excluding hydrogens is 160 g/mol. The summed E-state index contributed by atoms with van der Waals surface area (Å²) in [7, 11) is 0. The van der Waals surface area contributed by atoms with Crippen LogP contribution in [0.25, 0.3) is 0 Å². The molecule has 1 aliphatic rings. The quantitative estimate of drug-likeness (QED) is 0.720. The molecule has 1 aliphatic heterocycles. The van der Waals surface area contributed by atoms with E-state index in [2.05, 4.69) is 25.7 Å². The van der Waals surface area contributed by atoms with Crippen molar-refractivity contribution in [3.63, 3.8) is 0 Å². The first-order valence-corrected chi connectivity index (χ1v) is 5.57. The minimum Gasteiger partial charge on any atom is -0.330 e. The van der Waals surface area contributed by atoms with Crippen molar-refractivity contribution in [3.05, 3.63) is 0 Å². The molecule has 2 nitrogen and oxygen atoms in total. The van der Waals surface area contributed by atoms with E-state index in [1.165, 1.54) is 25.9 Å². The molecule has 13 heavy (non-hydrogen) atoms. The summed E-state index contributed by atoms with van der Waals surface area (Å²) in [6, 6.07) is 0.757. The third-order valence-corrected chi connectivity index (χ3v) is 3.12. The van der Waals surface area contributed by atoms with Gasteiger partial charge >= 0.3 is 0 Å². The number of hydrogen-bond acceptors (Lipinski definition) is 2. The van der Waals surface area contributed by atoms with E-state index in [4.69, 9.17) is 5.73 Å². The van der Waals surface area contributed by atoms with Crippen LogP contribution in [0.15, 0.2) is 0 Å². The first-order valence-electron chi connectivity index (χ1n) is 5.57. The Bertz CT molecular complexity index is 145. The molecule has 0 aromatic heterocycles. The molecule has 0 aliphatic carbocycles. The van der Waals surface area contributed by atoms with Crippen LogP contribution in [0.2, 0.25) is 0 Å². The summed E-state index contributed by atoms with van der Waals surface area (Å²) in [5.41, 5.74) is 5.69. The predicted octanol–water partition coefficient (Wildman–Crippen LogP) is 1.70. The Morgan fingerprint density at radius 2 is 2.15 bits per heavy atom. The van der Waals surface area contributed by atoms with Crippen molar-refractivity contribution in [3.8, 4) is 0 Å².